The van der Waals surface area contributed by atoms with E-state index in [1.165, 1.54) is 12.0 Å². The SMILES string of the molecule is CC[C@H]1Oc2ccccc2N(CC(=O)Nc2ccc(OC)cc2OC)C1=O. The van der Waals surface area contributed by atoms with Gasteiger partial charge in [0.05, 0.1) is 25.6 Å². The van der Waals surface area contributed by atoms with Gasteiger partial charge in [0.2, 0.25) is 5.91 Å². The van der Waals surface area contributed by atoms with E-state index in [0.717, 1.165) is 0 Å². The Balaban J connectivity index is 1.80. The highest BCUT2D eigenvalue weighted by atomic mass is 16.5. The van der Waals surface area contributed by atoms with E-state index in [-0.39, 0.29) is 18.4 Å². The quantitative estimate of drug-likeness (QED) is 0.846. The van der Waals surface area contributed by atoms with Crippen molar-refractivity contribution in [3.05, 3.63) is 42.5 Å². The number of nitrogens with zero attached hydrogens (tertiary/aromatic N) is 1. The van der Waals surface area contributed by atoms with Gasteiger partial charge in [0, 0.05) is 6.07 Å². The third kappa shape index (κ3) is 3.81. The van der Waals surface area contributed by atoms with Crippen molar-refractivity contribution in [2.24, 2.45) is 0 Å². The van der Waals surface area contributed by atoms with Crippen LogP contribution in [0.3, 0.4) is 0 Å². The van der Waals surface area contributed by atoms with Crippen LogP contribution in [0, 0.1) is 0 Å². The molecule has 0 saturated heterocycles. The molecule has 27 heavy (non-hydrogen) atoms. The Morgan fingerprint density at radius 2 is 1.96 bits per heavy atom. The first kappa shape index (κ1) is 18.6. The van der Waals surface area contributed by atoms with Gasteiger partial charge in [0.25, 0.3) is 5.91 Å². The van der Waals surface area contributed by atoms with E-state index in [0.29, 0.717) is 35.0 Å². The van der Waals surface area contributed by atoms with Crippen LogP contribution < -0.4 is 24.4 Å². The predicted octanol–water partition coefficient (Wildman–Crippen LogP) is 2.85. The number of hydrogen-bond acceptors (Lipinski definition) is 5. The maximum atomic E-state index is 12.7. The molecule has 1 N–H and O–H groups in total. The molecule has 2 amide bonds. The number of carbonyl (C=O) groups excluding carboxylic acids is 2. The molecule has 0 radical (unpaired) electrons. The molecule has 2 aromatic carbocycles. The zero-order valence-corrected chi connectivity index (χ0v) is 15.5. The molecule has 0 bridgehead atoms. The van der Waals surface area contributed by atoms with Crippen molar-refractivity contribution < 1.29 is 23.8 Å². The molecule has 7 heteroatoms. The fourth-order valence-electron chi connectivity index (χ4n) is 2.93. The van der Waals surface area contributed by atoms with Gasteiger partial charge in [-0.3, -0.25) is 14.5 Å². The molecular weight excluding hydrogens is 348 g/mol. The second-order valence-electron chi connectivity index (χ2n) is 6.02. The van der Waals surface area contributed by atoms with Crippen LogP contribution in [0.4, 0.5) is 11.4 Å². The number of para-hydroxylation sites is 2. The van der Waals surface area contributed by atoms with Gasteiger partial charge in [-0.15, -0.1) is 0 Å². The van der Waals surface area contributed by atoms with E-state index in [4.69, 9.17) is 14.2 Å². The molecule has 7 nitrogen and oxygen atoms in total. The third-order valence-electron chi connectivity index (χ3n) is 4.32. The minimum absolute atomic E-state index is 0.120. The molecule has 1 aliphatic heterocycles. The largest absolute Gasteiger partial charge is 0.497 e. The van der Waals surface area contributed by atoms with Gasteiger partial charge in [-0.05, 0) is 30.7 Å². The van der Waals surface area contributed by atoms with Gasteiger partial charge in [0.1, 0.15) is 23.8 Å². The molecule has 142 valence electrons. The lowest BCUT2D eigenvalue weighted by Gasteiger charge is -2.33. The third-order valence-corrected chi connectivity index (χ3v) is 4.32. The minimum atomic E-state index is -0.594. The van der Waals surface area contributed by atoms with Crippen molar-refractivity contribution in [3.63, 3.8) is 0 Å². The van der Waals surface area contributed by atoms with Crippen LogP contribution in [-0.2, 0) is 9.59 Å². The maximum Gasteiger partial charge on any atom is 0.268 e. The zero-order chi connectivity index (χ0) is 19.4. The fraction of sp³-hybridized carbons (Fsp3) is 0.300. The van der Waals surface area contributed by atoms with Gasteiger partial charge < -0.3 is 19.5 Å². The highest BCUT2D eigenvalue weighted by Crippen LogP contribution is 2.34. The first-order chi connectivity index (χ1) is 13.1. The Labute approximate surface area is 157 Å². The summed E-state index contributed by atoms with van der Waals surface area (Å²) in [5, 5.41) is 2.79. The number of nitrogens with one attached hydrogen (secondary N) is 1. The van der Waals surface area contributed by atoms with Crippen LogP contribution in [0.5, 0.6) is 17.2 Å². The molecule has 0 unspecified atom stereocenters. The average Bonchev–Trinajstić information content (AvgIpc) is 2.70. The number of methoxy groups -OCH3 is 2. The summed E-state index contributed by atoms with van der Waals surface area (Å²) in [6.45, 7) is 1.75. The maximum absolute atomic E-state index is 12.7. The number of benzene rings is 2. The van der Waals surface area contributed by atoms with Crippen LogP contribution in [0.2, 0.25) is 0 Å². The van der Waals surface area contributed by atoms with Gasteiger partial charge in [-0.1, -0.05) is 19.1 Å². The van der Waals surface area contributed by atoms with E-state index in [1.807, 2.05) is 13.0 Å². The summed E-state index contributed by atoms with van der Waals surface area (Å²) in [6.07, 6.45) is -0.0689. The number of ether oxygens (including phenoxy) is 3. The summed E-state index contributed by atoms with van der Waals surface area (Å²) in [7, 11) is 3.07. The van der Waals surface area contributed by atoms with E-state index >= 15 is 0 Å². The van der Waals surface area contributed by atoms with Crippen LogP contribution >= 0.6 is 0 Å². The van der Waals surface area contributed by atoms with E-state index < -0.39 is 6.10 Å². The molecule has 1 heterocycles. The van der Waals surface area contributed by atoms with Crippen molar-refractivity contribution in [3.8, 4) is 17.2 Å². The summed E-state index contributed by atoms with van der Waals surface area (Å²) < 4.78 is 16.2. The van der Waals surface area contributed by atoms with Gasteiger partial charge >= 0.3 is 0 Å². The Bertz CT molecular complexity index is 852. The van der Waals surface area contributed by atoms with E-state index in [9.17, 15) is 9.59 Å². The molecule has 0 fully saturated rings. The zero-order valence-electron chi connectivity index (χ0n) is 15.5. The highest BCUT2D eigenvalue weighted by Gasteiger charge is 2.34. The second-order valence-corrected chi connectivity index (χ2v) is 6.02. The molecule has 0 aromatic heterocycles. The topological polar surface area (TPSA) is 77.1 Å². The van der Waals surface area contributed by atoms with Crippen LogP contribution in [-0.4, -0.2) is 38.7 Å². The number of fused-ring (bicyclic) bond motifs is 1. The van der Waals surface area contributed by atoms with Crippen molar-refractivity contribution in [1.29, 1.82) is 0 Å². The second kappa shape index (κ2) is 7.99. The monoisotopic (exact) mass is 370 g/mol. The molecular formula is C20H22N2O5. The van der Waals surface area contributed by atoms with E-state index in [2.05, 4.69) is 5.32 Å². The molecule has 1 aliphatic rings. The lowest BCUT2D eigenvalue weighted by Crippen LogP contribution is -2.48. The van der Waals surface area contributed by atoms with Gasteiger partial charge in [0.15, 0.2) is 6.10 Å². The Hall–Kier alpha value is -3.22. The first-order valence-corrected chi connectivity index (χ1v) is 8.66. The summed E-state index contributed by atoms with van der Waals surface area (Å²) in [6, 6.07) is 12.3. The van der Waals surface area contributed by atoms with Crippen LogP contribution in [0.15, 0.2) is 42.5 Å². The number of amides is 2. The Kier molecular flexibility index (Phi) is 5.49. The summed E-state index contributed by atoms with van der Waals surface area (Å²) in [5.41, 5.74) is 1.09. The van der Waals surface area contributed by atoms with Crippen molar-refractivity contribution in [1.82, 2.24) is 0 Å². The number of hydrogen-bond donors (Lipinski definition) is 1. The highest BCUT2D eigenvalue weighted by molar-refractivity contribution is 6.06. The van der Waals surface area contributed by atoms with Crippen LogP contribution in [0.25, 0.3) is 0 Å². The summed E-state index contributed by atoms with van der Waals surface area (Å²) in [5.74, 6) is 1.13. The Morgan fingerprint density at radius 3 is 2.67 bits per heavy atom. The fourth-order valence-corrected chi connectivity index (χ4v) is 2.93. The first-order valence-electron chi connectivity index (χ1n) is 8.66. The minimum Gasteiger partial charge on any atom is -0.497 e. The van der Waals surface area contributed by atoms with Crippen molar-refractivity contribution in [2.45, 2.75) is 19.4 Å². The molecule has 0 aliphatic carbocycles. The van der Waals surface area contributed by atoms with Crippen LogP contribution in [0.1, 0.15) is 13.3 Å². The van der Waals surface area contributed by atoms with E-state index in [1.54, 1.807) is 43.5 Å². The lowest BCUT2D eigenvalue weighted by atomic mass is 10.1. The molecule has 2 aromatic rings. The Morgan fingerprint density at radius 1 is 1.19 bits per heavy atom. The number of carbonyl (C=O) groups is 2. The van der Waals surface area contributed by atoms with Crippen molar-refractivity contribution >= 4 is 23.2 Å². The van der Waals surface area contributed by atoms with Crippen molar-refractivity contribution in [2.75, 3.05) is 31.0 Å². The standard InChI is InChI=1S/C20H22N2O5/c1-4-16-20(24)22(15-7-5-6-8-17(15)27-16)12-19(23)21-14-10-9-13(25-2)11-18(14)26-3/h5-11,16H,4,12H2,1-3H3,(H,21,23)/t16-/m1/s1. The molecule has 0 spiro atoms. The molecule has 3 rings (SSSR count). The predicted molar refractivity (Wildman–Crippen MR) is 102 cm³/mol. The lowest BCUT2D eigenvalue weighted by molar-refractivity contribution is -0.128. The molecule has 0 saturated carbocycles. The van der Waals surface area contributed by atoms with Gasteiger partial charge in [-0.25, -0.2) is 0 Å². The number of anilines is 2. The smallest absolute Gasteiger partial charge is 0.268 e. The number of rotatable bonds is 6. The molecule has 1 atom stereocenters. The normalized spacial score (nSPS) is 15.6. The average molecular weight is 370 g/mol. The van der Waals surface area contributed by atoms with Gasteiger partial charge in [-0.2, -0.15) is 0 Å². The summed E-state index contributed by atoms with van der Waals surface area (Å²) in [4.78, 5) is 26.8. The summed E-state index contributed by atoms with van der Waals surface area (Å²) >= 11 is 0.